The van der Waals surface area contributed by atoms with E-state index >= 15 is 0 Å². The Labute approximate surface area is 289 Å². The van der Waals surface area contributed by atoms with Gasteiger partial charge in [0.05, 0.1) is 0 Å². The summed E-state index contributed by atoms with van der Waals surface area (Å²) >= 11 is 0. The van der Waals surface area contributed by atoms with E-state index in [0.29, 0.717) is 0 Å². The normalized spacial score (nSPS) is 10.5. The van der Waals surface area contributed by atoms with Crippen molar-refractivity contribution in [3.63, 3.8) is 0 Å². The first-order chi connectivity index (χ1) is 15.1. The molecule has 0 rings (SSSR count). The predicted molar refractivity (Wildman–Crippen MR) is 129 cm³/mol. The average molecular weight is 529 g/mol. The molecule has 8 nitrogen and oxygen atoms in total. The van der Waals surface area contributed by atoms with Crippen LogP contribution in [0.3, 0.4) is 0 Å². The zero-order chi connectivity index (χ0) is 25.6. The molecule has 180 valence electrons. The van der Waals surface area contributed by atoms with Crippen LogP contribution >= 0.6 is 0 Å². The second kappa shape index (κ2) is 42.3. The van der Waals surface area contributed by atoms with Gasteiger partial charge in [-0.2, -0.15) is 0 Å². The fraction of sp³-hybridized carbons (Fsp3) is 0.167. The van der Waals surface area contributed by atoms with Crippen LogP contribution in [0.2, 0.25) is 0 Å². The Hall–Kier alpha value is -0.927. The van der Waals surface area contributed by atoms with Gasteiger partial charge in [-0.1, -0.05) is 72.9 Å². The van der Waals surface area contributed by atoms with Crippen LogP contribution in [0.1, 0.15) is 30.5 Å². The molecule has 0 aliphatic carbocycles. The Kier molecular flexibility index (Phi) is 57.7. The van der Waals surface area contributed by atoms with Crippen LogP contribution in [0, 0.1) is 0 Å². The number of aliphatic carboxylic acids is 4. The first kappa shape index (κ1) is 46.4. The number of hydrogen-bond donors (Lipinski definition) is 4. The molecule has 0 saturated heterocycles. The van der Waals surface area contributed by atoms with Crippen molar-refractivity contribution in [1.82, 2.24) is 0 Å². The summed E-state index contributed by atoms with van der Waals surface area (Å²) in [6.07, 6.45) is 23.9. The van der Waals surface area contributed by atoms with E-state index in [1.165, 1.54) is 24.3 Å². The minimum atomic E-state index is -0.914. The molecular weight excluding hydrogens is 494 g/mol. The second-order valence-electron chi connectivity index (χ2n) is 4.89. The molecule has 0 atom stereocenters. The van der Waals surface area contributed by atoms with E-state index in [4.69, 9.17) is 20.4 Å². The first-order valence-electron chi connectivity index (χ1n) is 9.18. The van der Waals surface area contributed by atoms with Gasteiger partial charge in [0.25, 0.3) is 0 Å². The molecular formula is C24H34K2O8. The zero-order valence-electron chi connectivity index (χ0n) is 22.7. The average Bonchev–Trinajstić information content (AvgIpc) is 2.69. The Bertz CT molecular complexity index is 640. The number of allylic oxidation sites excluding steroid dienone is 12. The van der Waals surface area contributed by atoms with Gasteiger partial charge in [0.1, 0.15) is 0 Å². The van der Waals surface area contributed by atoms with Crippen molar-refractivity contribution < 1.29 is 145 Å². The SMILES string of the molecule is C/C=C/C=C/C(=O)O.C/C=C/C=C/C(=O)O.C/C=C/C=C/C(=O)O.C/C=C/C=C/C(=O)O.[H-].[H-].[K+].[K+]. The fourth-order valence-corrected chi connectivity index (χ4v) is 0.996. The molecule has 0 spiro atoms. The third kappa shape index (κ3) is 77.3. The summed E-state index contributed by atoms with van der Waals surface area (Å²) in [5.41, 5.74) is 0. The molecule has 10 heteroatoms. The standard InChI is InChI=1S/4C6H8O2.2K.2H/c4*1-2-3-4-5-6(7)8;;;;/h4*2-5H,1H3,(H,7,8);;;;/q;;;;2*+1;2*-1/b4*3-2+,5-4+;;;;. The Morgan fingerprint density at radius 3 is 0.647 bits per heavy atom. The van der Waals surface area contributed by atoms with Gasteiger partial charge in [-0.25, -0.2) is 19.2 Å². The van der Waals surface area contributed by atoms with E-state index < -0.39 is 23.9 Å². The van der Waals surface area contributed by atoms with Gasteiger partial charge in [-0.3, -0.25) is 0 Å². The number of rotatable bonds is 8. The minimum Gasteiger partial charge on any atom is -1.00 e. The quantitative estimate of drug-likeness (QED) is 0.179. The molecule has 0 heterocycles. The van der Waals surface area contributed by atoms with Crippen LogP contribution in [0.25, 0.3) is 0 Å². The van der Waals surface area contributed by atoms with E-state index in [1.807, 2.05) is 27.7 Å². The van der Waals surface area contributed by atoms with Crippen molar-refractivity contribution in [1.29, 1.82) is 0 Å². The molecule has 4 N–H and O–H groups in total. The Balaban J connectivity index is -0.0000000467. The fourth-order valence-electron chi connectivity index (χ4n) is 0.996. The second-order valence-corrected chi connectivity index (χ2v) is 4.89. The van der Waals surface area contributed by atoms with Crippen molar-refractivity contribution >= 4 is 23.9 Å². The summed E-state index contributed by atoms with van der Waals surface area (Å²) in [6.45, 7) is 7.30. The van der Waals surface area contributed by atoms with Gasteiger partial charge in [0.15, 0.2) is 0 Å². The van der Waals surface area contributed by atoms with Crippen LogP contribution in [-0.4, -0.2) is 44.3 Å². The van der Waals surface area contributed by atoms with Crippen LogP contribution < -0.4 is 103 Å². The van der Waals surface area contributed by atoms with Gasteiger partial charge in [-0.05, 0) is 27.7 Å². The maximum Gasteiger partial charge on any atom is 1.00 e. The predicted octanol–water partition coefficient (Wildman–Crippen LogP) is -0.954. The van der Waals surface area contributed by atoms with Crippen LogP contribution in [0.5, 0.6) is 0 Å². The minimum absolute atomic E-state index is 0. The van der Waals surface area contributed by atoms with Crippen molar-refractivity contribution in [2.24, 2.45) is 0 Å². The number of carboxylic acids is 4. The molecule has 0 fully saturated rings. The van der Waals surface area contributed by atoms with Crippen molar-refractivity contribution in [3.05, 3.63) is 97.2 Å². The third-order valence-corrected chi connectivity index (χ3v) is 2.17. The molecule has 0 saturated carbocycles. The zero-order valence-corrected chi connectivity index (χ0v) is 26.9. The molecule has 0 bridgehead atoms. The molecule has 0 aromatic heterocycles. The molecule has 0 aliphatic heterocycles. The molecule has 0 aliphatic rings. The van der Waals surface area contributed by atoms with Crippen LogP contribution in [0.4, 0.5) is 0 Å². The molecule has 0 amide bonds. The van der Waals surface area contributed by atoms with Gasteiger partial charge in [-0.15, -0.1) is 0 Å². The van der Waals surface area contributed by atoms with Crippen molar-refractivity contribution in [2.75, 3.05) is 0 Å². The molecule has 0 radical (unpaired) electrons. The van der Waals surface area contributed by atoms with E-state index in [1.54, 1.807) is 48.6 Å². The van der Waals surface area contributed by atoms with Crippen molar-refractivity contribution in [3.8, 4) is 0 Å². The summed E-state index contributed by atoms with van der Waals surface area (Å²) in [4.78, 5) is 39.0. The first-order valence-corrected chi connectivity index (χ1v) is 9.18. The smallest absolute Gasteiger partial charge is 1.00 e. The maximum atomic E-state index is 9.75. The largest absolute Gasteiger partial charge is 1.00 e. The monoisotopic (exact) mass is 528 g/mol. The Morgan fingerprint density at radius 2 is 0.559 bits per heavy atom. The molecule has 0 aromatic carbocycles. The molecule has 0 unspecified atom stereocenters. The maximum absolute atomic E-state index is 9.75. The third-order valence-electron chi connectivity index (χ3n) is 2.17. The topological polar surface area (TPSA) is 149 Å². The Morgan fingerprint density at radius 1 is 0.412 bits per heavy atom. The summed E-state index contributed by atoms with van der Waals surface area (Å²) in [7, 11) is 0. The van der Waals surface area contributed by atoms with Gasteiger partial charge in [0, 0.05) is 24.3 Å². The van der Waals surface area contributed by atoms with Crippen LogP contribution in [-0.2, 0) is 19.2 Å². The van der Waals surface area contributed by atoms with Crippen LogP contribution in [0.15, 0.2) is 97.2 Å². The van der Waals surface area contributed by atoms with E-state index in [0.717, 1.165) is 24.3 Å². The van der Waals surface area contributed by atoms with E-state index in [-0.39, 0.29) is 106 Å². The summed E-state index contributed by atoms with van der Waals surface area (Å²) < 4.78 is 0. The van der Waals surface area contributed by atoms with E-state index in [9.17, 15) is 19.2 Å². The summed E-state index contributed by atoms with van der Waals surface area (Å²) in [5.74, 6) is -3.66. The van der Waals surface area contributed by atoms with Gasteiger partial charge >= 0.3 is 127 Å². The number of carboxylic acid groups (broad SMARTS) is 4. The molecule has 34 heavy (non-hydrogen) atoms. The summed E-state index contributed by atoms with van der Waals surface area (Å²) in [6, 6.07) is 0. The number of carbonyl (C=O) groups is 4. The molecule has 0 aromatic rings. The number of hydrogen-bond acceptors (Lipinski definition) is 4. The van der Waals surface area contributed by atoms with E-state index in [2.05, 4.69) is 0 Å². The summed E-state index contributed by atoms with van der Waals surface area (Å²) in [5, 5.41) is 32.1. The van der Waals surface area contributed by atoms with Crippen molar-refractivity contribution in [2.45, 2.75) is 27.7 Å². The van der Waals surface area contributed by atoms with Gasteiger partial charge < -0.3 is 23.3 Å². The van der Waals surface area contributed by atoms with Gasteiger partial charge in [0.2, 0.25) is 0 Å².